The number of amides is 1. The van der Waals surface area contributed by atoms with Crippen molar-refractivity contribution in [1.29, 1.82) is 0 Å². The van der Waals surface area contributed by atoms with Crippen LogP contribution in [0.15, 0.2) is 12.4 Å². The molecule has 2 aromatic rings. The van der Waals surface area contributed by atoms with Crippen LogP contribution >= 0.6 is 0 Å². The lowest BCUT2D eigenvalue weighted by Gasteiger charge is -2.32. The van der Waals surface area contributed by atoms with Crippen LogP contribution in [0.2, 0.25) is 0 Å². The summed E-state index contributed by atoms with van der Waals surface area (Å²) in [4.78, 5) is 22.7. The number of fused-ring (bicyclic) bond motifs is 1. The van der Waals surface area contributed by atoms with E-state index in [4.69, 9.17) is 0 Å². The fourth-order valence-electron chi connectivity index (χ4n) is 2.83. The van der Waals surface area contributed by atoms with Crippen LogP contribution in [0, 0.1) is 12.8 Å². The summed E-state index contributed by atoms with van der Waals surface area (Å²) < 4.78 is 1.76. The van der Waals surface area contributed by atoms with E-state index < -0.39 is 0 Å². The Bertz CT molecular complexity index is 644. The molecule has 0 atom stereocenters. The lowest BCUT2D eigenvalue weighted by atomic mass is 9.96. The number of aryl methyl sites for hydroxylation is 1. The Morgan fingerprint density at radius 2 is 2.19 bits per heavy atom. The molecule has 1 fully saturated rings. The van der Waals surface area contributed by atoms with Crippen LogP contribution in [0.1, 0.15) is 25.5 Å². The average molecular weight is 288 g/mol. The minimum atomic E-state index is 0.121. The van der Waals surface area contributed by atoms with Gasteiger partial charge in [0.2, 0.25) is 5.91 Å². The number of piperidine rings is 1. The molecule has 2 aromatic heterocycles. The minimum Gasteiger partial charge on any atom is -0.356 e. The van der Waals surface area contributed by atoms with Gasteiger partial charge < -0.3 is 10.2 Å². The second-order valence-electron chi connectivity index (χ2n) is 5.38. The molecule has 1 saturated heterocycles. The van der Waals surface area contributed by atoms with Crippen LogP contribution in [-0.4, -0.2) is 45.1 Å². The summed E-state index contributed by atoms with van der Waals surface area (Å²) in [5, 5.41) is 7.15. The number of hydrogen-bond donors (Lipinski definition) is 1. The molecule has 0 saturated carbocycles. The lowest BCUT2D eigenvalue weighted by molar-refractivity contribution is -0.125. The van der Waals surface area contributed by atoms with Crippen molar-refractivity contribution in [2.75, 3.05) is 24.5 Å². The molecule has 1 amide bonds. The molecule has 0 aliphatic carbocycles. The third-order valence-corrected chi connectivity index (χ3v) is 3.90. The summed E-state index contributed by atoms with van der Waals surface area (Å²) in [6.07, 6.45) is 3.25. The smallest absolute Gasteiger partial charge is 0.254 e. The monoisotopic (exact) mass is 288 g/mol. The molecule has 7 nitrogen and oxygen atoms in total. The molecule has 0 bridgehead atoms. The van der Waals surface area contributed by atoms with Crippen LogP contribution in [-0.2, 0) is 4.79 Å². The topological polar surface area (TPSA) is 75.4 Å². The van der Waals surface area contributed by atoms with E-state index in [1.54, 1.807) is 4.52 Å². The molecular weight excluding hydrogens is 268 g/mol. The molecule has 1 aliphatic heterocycles. The van der Waals surface area contributed by atoms with Gasteiger partial charge in [-0.3, -0.25) is 4.79 Å². The molecule has 0 radical (unpaired) electrons. The second-order valence-corrected chi connectivity index (χ2v) is 5.38. The summed E-state index contributed by atoms with van der Waals surface area (Å²) in [5.74, 6) is 1.92. The van der Waals surface area contributed by atoms with Gasteiger partial charge in [-0.05, 0) is 26.7 Å². The number of anilines is 1. The van der Waals surface area contributed by atoms with Gasteiger partial charge in [0.15, 0.2) is 0 Å². The van der Waals surface area contributed by atoms with Crippen molar-refractivity contribution in [2.45, 2.75) is 26.7 Å². The number of aromatic nitrogens is 4. The molecule has 0 unspecified atom stereocenters. The fourth-order valence-corrected chi connectivity index (χ4v) is 2.83. The van der Waals surface area contributed by atoms with Gasteiger partial charge in [-0.25, -0.2) is 4.98 Å². The summed E-state index contributed by atoms with van der Waals surface area (Å²) >= 11 is 0. The van der Waals surface area contributed by atoms with Gasteiger partial charge in [0.25, 0.3) is 5.78 Å². The van der Waals surface area contributed by atoms with E-state index >= 15 is 0 Å². The minimum absolute atomic E-state index is 0.121. The maximum atomic E-state index is 11.9. The zero-order valence-electron chi connectivity index (χ0n) is 12.4. The summed E-state index contributed by atoms with van der Waals surface area (Å²) in [7, 11) is 0. The Morgan fingerprint density at radius 3 is 2.90 bits per heavy atom. The molecule has 21 heavy (non-hydrogen) atoms. The highest BCUT2D eigenvalue weighted by atomic mass is 16.1. The Hall–Kier alpha value is -2.18. The quantitative estimate of drug-likeness (QED) is 0.903. The van der Waals surface area contributed by atoms with E-state index in [2.05, 4.69) is 25.3 Å². The van der Waals surface area contributed by atoms with Gasteiger partial charge in [0, 0.05) is 37.3 Å². The SMILES string of the molecule is CCNC(=O)C1CCN(c2cc(C)nc3ncnn23)CC1. The molecule has 3 heterocycles. The molecule has 0 aromatic carbocycles. The van der Waals surface area contributed by atoms with Crippen LogP contribution in [0.4, 0.5) is 5.82 Å². The molecule has 1 N–H and O–H groups in total. The van der Waals surface area contributed by atoms with Gasteiger partial charge >= 0.3 is 0 Å². The van der Waals surface area contributed by atoms with Crippen LogP contribution in [0.5, 0.6) is 0 Å². The predicted molar refractivity (Wildman–Crippen MR) is 79.1 cm³/mol. The first kappa shape index (κ1) is 13.8. The van der Waals surface area contributed by atoms with Crippen molar-refractivity contribution < 1.29 is 4.79 Å². The fraction of sp³-hybridized carbons (Fsp3) is 0.571. The highest BCUT2D eigenvalue weighted by Crippen LogP contribution is 2.23. The van der Waals surface area contributed by atoms with Crippen LogP contribution < -0.4 is 10.2 Å². The van der Waals surface area contributed by atoms with E-state index in [9.17, 15) is 4.79 Å². The van der Waals surface area contributed by atoms with Crippen molar-refractivity contribution in [1.82, 2.24) is 24.9 Å². The first-order valence-corrected chi connectivity index (χ1v) is 7.39. The van der Waals surface area contributed by atoms with E-state index in [-0.39, 0.29) is 11.8 Å². The van der Waals surface area contributed by atoms with Crippen molar-refractivity contribution in [3.8, 4) is 0 Å². The Balaban J connectivity index is 1.77. The Labute approximate surface area is 123 Å². The van der Waals surface area contributed by atoms with E-state index in [0.29, 0.717) is 12.3 Å². The molecule has 7 heteroatoms. The zero-order chi connectivity index (χ0) is 14.8. The van der Waals surface area contributed by atoms with Gasteiger partial charge in [-0.1, -0.05) is 0 Å². The zero-order valence-corrected chi connectivity index (χ0v) is 12.4. The standard InChI is InChI=1S/C14H20N6O/c1-3-15-13(21)11-4-6-19(7-5-11)12-8-10(2)18-14-16-9-17-20(12)14/h8-9,11H,3-7H2,1-2H3,(H,15,21). The van der Waals surface area contributed by atoms with Gasteiger partial charge in [-0.2, -0.15) is 14.6 Å². The first-order valence-electron chi connectivity index (χ1n) is 7.39. The summed E-state index contributed by atoms with van der Waals surface area (Å²) in [6.45, 7) is 6.30. The van der Waals surface area contributed by atoms with Crippen molar-refractivity contribution in [3.05, 3.63) is 18.1 Å². The van der Waals surface area contributed by atoms with E-state index in [0.717, 1.165) is 37.4 Å². The van der Waals surface area contributed by atoms with E-state index in [1.165, 1.54) is 6.33 Å². The average Bonchev–Trinajstić information content (AvgIpc) is 2.95. The normalized spacial score (nSPS) is 16.4. The summed E-state index contributed by atoms with van der Waals surface area (Å²) in [5.41, 5.74) is 0.927. The third-order valence-electron chi connectivity index (χ3n) is 3.90. The molecule has 112 valence electrons. The Morgan fingerprint density at radius 1 is 1.43 bits per heavy atom. The van der Waals surface area contributed by atoms with Crippen molar-refractivity contribution in [2.24, 2.45) is 5.92 Å². The summed E-state index contributed by atoms with van der Waals surface area (Å²) in [6, 6.07) is 2.02. The van der Waals surface area contributed by atoms with Gasteiger partial charge in [0.1, 0.15) is 12.1 Å². The van der Waals surface area contributed by atoms with Crippen molar-refractivity contribution >= 4 is 17.5 Å². The molecule has 3 rings (SSSR count). The van der Waals surface area contributed by atoms with Crippen LogP contribution in [0.25, 0.3) is 5.78 Å². The lowest BCUT2D eigenvalue weighted by Crippen LogP contribution is -2.41. The van der Waals surface area contributed by atoms with Gasteiger partial charge in [0.05, 0.1) is 0 Å². The number of carbonyl (C=O) groups excluding carboxylic acids is 1. The number of hydrogen-bond acceptors (Lipinski definition) is 5. The maximum Gasteiger partial charge on any atom is 0.254 e. The highest BCUT2D eigenvalue weighted by Gasteiger charge is 2.26. The first-order chi connectivity index (χ1) is 10.2. The molecule has 1 aliphatic rings. The predicted octanol–water partition coefficient (Wildman–Crippen LogP) is 0.785. The third kappa shape index (κ3) is 2.68. The maximum absolute atomic E-state index is 11.9. The van der Waals surface area contributed by atoms with Gasteiger partial charge in [-0.15, -0.1) is 0 Å². The van der Waals surface area contributed by atoms with Crippen molar-refractivity contribution in [3.63, 3.8) is 0 Å². The number of carbonyl (C=O) groups is 1. The largest absolute Gasteiger partial charge is 0.356 e. The Kier molecular flexibility index (Phi) is 3.72. The highest BCUT2D eigenvalue weighted by molar-refractivity contribution is 5.78. The number of rotatable bonds is 3. The number of nitrogens with one attached hydrogen (secondary N) is 1. The molecule has 0 spiro atoms. The second kappa shape index (κ2) is 5.67. The van der Waals surface area contributed by atoms with Crippen LogP contribution in [0.3, 0.4) is 0 Å². The van der Waals surface area contributed by atoms with E-state index in [1.807, 2.05) is 19.9 Å². The molecular formula is C14H20N6O. The number of nitrogens with zero attached hydrogens (tertiary/aromatic N) is 5.